The van der Waals surface area contributed by atoms with Gasteiger partial charge in [0.05, 0.1) is 31.2 Å². The number of pyridine rings is 1. The number of aryl methyl sites for hydroxylation is 1. The molecule has 0 saturated carbocycles. The van der Waals surface area contributed by atoms with E-state index in [0.29, 0.717) is 37.6 Å². The number of nitrogens with zero attached hydrogens (tertiary/aromatic N) is 8. The highest BCUT2D eigenvalue weighted by atomic mass is 19.1. The number of tetrazole rings is 1. The Labute approximate surface area is 207 Å². The molecule has 4 heterocycles. The highest BCUT2D eigenvalue weighted by Crippen LogP contribution is 2.37. The van der Waals surface area contributed by atoms with Crippen LogP contribution in [0, 0.1) is 19.3 Å². The Kier molecular flexibility index (Phi) is 5.70. The fourth-order valence-corrected chi connectivity index (χ4v) is 5.69. The number of rotatable bonds is 3. The first kappa shape index (κ1) is 22.7. The molecule has 36 heavy (non-hydrogen) atoms. The minimum atomic E-state index is -0.498. The first-order valence-electron chi connectivity index (χ1n) is 12.1. The zero-order chi connectivity index (χ0) is 24.8. The monoisotopic (exact) mass is 488 g/mol. The number of hydrogen-bond donors (Lipinski definition) is 0. The van der Waals surface area contributed by atoms with Crippen LogP contribution < -0.4 is 0 Å². The maximum Gasteiger partial charge on any atom is 0.230 e. The Bertz CT molecular complexity index is 1350. The molecule has 1 aliphatic carbocycles. The van der Waals surface area contributed by atoms with Crippen molar-refractivity contribution >= 4 is 11.6 Å². The summed E-state index contributed by atoms with van der Waals surface area (Å²) in [5.41, 5.74) is 3.66. The zero-order valence-electron chi connectivity index (χ0n) is 19.8. The fraction of sp³-hybridized carbons (Fsp3) is 0.440. The first-order valence-corrected chi connectivity index (χ1v) is 12.1. The van der Waals surface area contributed by atoms with Crippen LogP contribution in [0.3, 0.4) is 0 Å². The summed E-state index contributed by atoms with van der Waals surface area (Å²) in [5, 5.41) is 11.2. The van der Waals surface area contributed by atoms with E-state index in [1.165, 1.54) is 17.1 Å². The Morgan fingerprint density at radius 2 is 2.14 bits per heavy atom. The molecule has 0 radical (unpaired) electrons. The van der Waals surface area contributed by atoms with Crippen molar-refractivity contribution in [1.29, 1.82) is 0 Å². The van der Waals surface area contributed by atoms with E-state index in [1.807, 2.05) is 11.0 Å². The largest absolute Gasteiger partial charge is 0.371 e. The van der Waals surface area contributed by atoms with Crippen molar-refractivity contribution in [2.75, 3.05) is 32.8 Å². The molecule has 184 valence electrons. The highest BCUT2D eigenvalue weighted by Gasteiger charge is 2.39. The number of benzene rings is 1. The lowest BCUT2D eigenvalue weighted by atomic mass is 9.97. The van der Waals surface area contributed by atoms with Crippen molar-refractivity contribution in [1.82, 2.24) is 35.0 Å². The summed E-state index contributed by atoms with van der Waals surface area (Å²) in [5.74, 6) is 0.105. The molecule has 11 heteroatoms. The van der Waals surface area contributed by atoms with Gasteiger partial charge in [0.2, 0.25) is 11.6 Å². The lowest BCUT2D eigenvalue weighted by molar-refractivity contribution is -0.141. The normalized spacial score (nSPS) is 23.7. The van der Waals surface area contributed by atoms with E-state index in [9.17, 15) is 9.18 Å². The number of amides is 1. The molecule has 2 aromatic heterocycles. The van der Waals surface area contributed by atoms with E-state index < -0.39 is 5.82 Å². The standard InChI is InChI=1S/C25H25FN8O2/c1-15-18(5-6-21(26)24(15)27-2)22-12-32-7-8-33(11-17(32)13-36-22)25(35)19-4-3-16-9-23(28-10-20(16)19)34-14-29-30-31-34/h5-6,9-10,14,17,19,22H,3-4,7-8,11-13H2,1H3/t17-,19?,22+/m1/s1. The van der Waals surface area contributed by atoms with Gasteiger partial charge in [0, 0.05) is 32.4 Å². The number of piperazine rings is 1. The number of morpholine rings is 1. The van der Waals surface area contributed by atoms with Gasteiger partial charge in [0.25, 0.3) is 0 Å². The van der Waals surface area contributed by atoms with Crippen LogP contribution in [-0.2, 0) is 16.0 Å². The molecule has 3 atom stereocenters. The predicted octanol–water partition coefficient (Wildman–Crippen LogP) is 2.37. The Balaban J connectivity index is 1.12. The van der Waals surface area contributed by atoms with Crippen LogP contribution in [0.2, 0.25) is 0 Å². The molecule has 3 aromatic rings. The van der Waals surface area contributed by atoms with Crippen molar-refractivity contribution in [2.45, 2.75) is 37.8 Å². The molecule has 6 rings (SSSR count). The smallest absolute Gasteiger partial charge is 0.230 e. The first-order chi connectivity index (χ1) is 17.5. The summed E-state index contributed by atoms with van der Waals surface area (Å²) in [6.07, 6.45) is 4.66. The second kappa shape index (κ2) is 9.04. The van der Waals surface area contributed by atoms with Crippen molar-refractivity contribution in [3.63, 3.8) is 0 Å². The minimum Gasteiger partial charge on any atom is -0.371 e. The molecule has 10 nitrogen and oxygen atoms in total. The van der Waals surface area contributed by atoms with E-state index in [2.05, 4.69) is 30.3 Å². The third-order valence-electron chi connectivity index (χ3n) is 7.66. The average molecular weight is 489 g/mol. The molecule has 1 amide bonds. The second-order valence-electron chi connectivity index (χ2n) is 9.56. The topological polar surface area (TPSA) is 93.6 Å². The summed E-state index contributed by atoms with van der Waals surface area (Å²) < 4.78 is 21.7. The summed E-state index contributed by atoms with van der Waals surface area (Å²) in [6, 6.07) is 5.15. The molecule has 2 saturated heterocycles. The van der Waals surface area contributed by atoms with Gasteiger partial charge < -0.3 is 9.64 Å². The molecule has 0 spiro atoms. The number of halogens is 1. The van der Waals surface area contributed by atoms with Crippen LogP contribution in [0.4, 0.5) is 10.1 Å². The van der Waals surface area contributed by atoms with E-state index in [0.717, 1.165) is 36.1 Å². The van der Waals surface area contributed by atoms with Gasteiger partial charge in [0.1, 0.15) is 12.1 Å². The van der Waals surface area contributed by atoms with Gasteiger partial charge in [-0.3, -0.25) is 9.69 Å². The molecule has 2 aliphatic heterocycles. The summed E-state index contributed by atoms with van der Waals surface area (Å²) in [4.78, 5) is 25.7. The SMILES string of the molecule is [C-]#[N+]c1c(F)ccc([C@@H]2CN3CCN(C(=O)C4CCc5cc(-n6cnnn6)ncc54)C[C@@H]3CO2)c1C. The van der Waals surface area contributed by atoms with Crippen molar-refractivity contribution < 1.29 is 13.9 Å². The Morgan fingerprint density at radius 1 is 1.25 bits per heavy atom. The van der Waals surface area contributed by atoms with E-state index in [4.69, 9.17) is 11.3 Å². The third-order valence-corrected chi connectivity index (χ3v) is 7.66. The van der Waals surface area contributed by atoms with Crippen LogP contribution in [0.5, 0.6) is 0 Å². The maximum atomic E-state index is 14.0. The van der Waals surface area contributed by atoms with E-state index in [1.54, 1.807) is 19.2 Å². The Morgan fingerprint density at radius 3 is 2.94 bits per heavy atom. The molecule has 0 N–H and O–H groups in total. The molecule has 1 unspecified atom stereocenters. The zero-order valence-corrected chi connectivity index (χ0v) is 19.8. The van der Waals surface area contributed by atoms with Crippen LogP contribution >= 0.6 is 0 Å². The molecule has 3 aliphatic rings. The van der Waals surface area contributed by atoms with Gasteiger partial charge in [0.15, 0.2) is 5.82 Å². The van der Waals surface area contributed by atoms with Crippen molar-refractivity contribution in [2.24, 2.45) is 0 Å². The van der Waals surface area contributed by atoms with Crippen LogP contribution in [0.25, 0.3) is 10.7 Å². The fourth-order valence-electron chi connectivity index (χ4n) is 5.69. The molecule has 1 aromatic carbocycles. The van der Waals surface area contributed by atoms with Gasteiger partial charge in [-0.05, 0) is 64.6 Å². The minimum absolute atomic E-state index is 0.0602. The van der Waals surface area contributed by atoms with Crippen molar-refractivity contribution in [3.05, 3.63) is 70.2 Å². The average Bonchev–Trinajstić information content (AvgIpc) is 3.58. The Hall–Kier alpha value is -3.75. The summed E-state index contributed by atoms with van der Waals surface area (Å²) in [7, 11) is 0. The maximum absolute atomic E-state index is 14.0. The second-order valence-corrected chi connectivity index (χ2v) is 9.56. The quantitative estimate of drug-likeness (QED) is 0.523. The molecule has 2 fully saturated rings. The lowest BCUT2D eigenvalue weighted by Gasteiger charge is -2.46. The van der Waals surface area contributed by atoms with Gasteiger partial charge in [-0.25, -0.2) is 14.2 Å². The van der Waals surface area contributed by atoms with E-state index >= 15 is 0 Å². The predicted molar refractivity (Wildman–Crippen MR) is 126 cm³/mol. The number of carbonyl (C=O) groups excluding carboxylic acids is 1. The van der Waals surface area contributed by atoms with E-state index in [-0.39, 0.29) is 29.7 Å². The number of ether oxygens (including phenoxy) is 1. The van der Waals surface area contributed by atoms with Crippen LogP contribution in [0.1, 0.15) is 40.7 Å². The van der Waals surface area contributed by atoms with Gasteiger partial charge in [-0.15, -0.1) is 5.10 Å². The number of hydrogen-bond acceptors (Lipinski definition) is 7. The molecule has 0 bridgehead atoms. The van der Waals surface area contributed by atoms with Crippen LogP contribution in [0.15, 0.2) is 30.7 Å². The van der Waals surface area contributed by atoms with Gasteiger partial charge >= 0.3 is 0 Å². The van der Waals surface area contributed by atoms with Gasteiger partial charge in [-0.2, -0.15) is 4.68 Å². The lowest BCUT2D eigenvalue weighted by Crippen LogP contribution is -2.60. The number of aromatic nitrogens is 5. The third kappa shape index (κ3) is 3.83. The van der Waals surface area contributed by atoms with Crippen molar-refractivity contribution in [3.8, 4) is 5.82 Å². The summed E-state index contributed by atoms with van der Waals surface area (Å²) >= 11 is 0. The number of fused-ring (bicyclic) bond motifs is 2. The highest BCUT2D eigenvalue weighted by molar-refractivity contribution is 5.85. The molecular weight excluding hydrogens is 463 g/mol. The summed E-state index contributed by atoms with van der Waals surface area (Å²) in [6.45, 7) is 12.2. The molecular formula is C25H25FN8O2. The van der Waals surface area contributed by atoms with Crippen LogP contribution in [-0.4, -0.2) is 79.7 Å². The number of carbonyl (C=O) groups is 1. The van der Waals surface area contributed by atoms with Gasteiger partial charge in [-0.1, -0.05) is 6.07 Å².